The first-order valence-corrected chi connectivity index (χ1v) is 8.26. The van der Waals surface area contributed by atoms with Gasteiger partial charge in [0.25, 0.3) is 0 Å². The molecule has 0 saturated heterocycles. The zero-order valence-electron chi connectivity index (χ0n) is 11.5. The average Bonchev–Trinajstić information content (AvgIpc) is 2.90. The summed E-state index contributed by atoms with van der Waals surface area (Å²) >= 11 is 4.95. The van der Waals surface area contributed by atoms with Crippen molar-refractivity contribution in [3.63, 3.8) is 0 Å². The normalized spacial score (nSPS) is 11.8. The lowest BCUT2D eigenvalue weighted by atomic mass is 10.1. The van der Waals surface area contributed by atoms with Crippen molar-refractivity contribution < 1.29 is 9.90 Å². The van der Waals surface area contributed by atoms with Gasteiger partial charge in [0.15, 0.2) is 0 Å². The fourth-order valence-electron chi connectivity index (χ4n) is 2.16. The summed E-state index contributed by atoms with van der Waals surface area (Å²) < 4.78 is 2.02. The van der Waals surface area contributed by atoms with E-state index in [1.54, 1.807) is 0 Å². The standard InChI is InChI=1S/C17H12BrNO2S/c18-13-5-3-4-11(9-13)8-12(10-16(20)21)17-19-14-6-1-2-7-15(14)22-17/h1-9H,10H2,(H,20,21)/b12-8+. The molecule has 0 aliphatic carbocycles. The van der Waals surface area contributed by atoms with E-state index in [4.69, 9.17) is 0 Å². The Labute approximate surface area is 140 Å². The molecule has 110 valence electrons. The molecule has 0 amide bonds. The van der Waals surface area contributed by atoms with Gasteiger partial charge in [-0.2, -0.15) is 0 Å². The summed E-state index contributed by atoms with van der Waals surface area (Å²) in [5.41, 5.74) is 2.56. The molecule has 5 heteroatoms. The number of hydrogen-bond acceptors (Lipinski definition) is 3. The van der Waals surface area contributed by atoms with Crippen molar-refractivity contribution in [3.05, 3.63) is 63.6 Å². The molecule has 22 heavy (non-hydrogen) atoms. The molecule has 3 nitrogen and oxygen atoms in total. The maximum atomic E-state index is 11.2. The SMILES string of the molecule is O=C(O)C/C(=C\c1cccc(Br)c1)c1nc2ccccc2s1. The Hall–Kier alpha value is -1.98. The van der Waals surface area contributed by atoms with E-state index in [1.807, 2.05) is 54.6 Å². The second kappa shape index (κ2) is 6.42. The van der Waals surface area contributed by atoms with Crippen LogP contribution in [-0.4, -0.2) is 16.1 Å². The minimum absolute atomic E-state index is 0.0493. The van der Waals surface area contributed by atoms with Crippen molar-refractivity contribution in [2.24, 2.45) is 0 Å². The maximum absolute atomic E-state index is 11.2. The molecule has 0 saturated carbocycles. The third-order valence-electron chi connectivity index (χ3n) is 3.10. The molecule has 1 heterocycles. The predicted octanol–water partition coefficient (Wildman–Crippen LogP) is 5.07. The molecule has 1 aromatic heterocycles. The number of para-hydroxylation sites is 1. The number of carbonyl (C=O) groups is 1. The molecule has 0 unspecified atom stereocenters. The number of aliphatic carboxylic acids is 1. The van der Waals surface area contributed by atoms with Crippen molar-refractivity contribution in [2.75, 3.05) is 0 Å². The highest BCUT2D eigenvalue weighted by molar-refractivity contribution is 9.10. The van der Waals surface area contributed by atoms with Crippen molar-refractivity contribution in [3.8, 4) is 0 Å². The fourth-order valence-corrected chi connectivity index (χ4v) is 3.55. The number of aromatic nitrogens is 1. The van der Waals surface area contributed by atoms with Crippen LogP contribution < -0.4 is 0 Å². The minimum Gasteiger partial charge on any atom is -0.481 e. The monoisotopic (exact) mass is 373 g/mol. The van der Waals surface area contributed by atoms with Gasteiger partial charge < -0.3 is 5.11 Å². The quantitative estimate of drug-likeness (QED) is 0.693. The lowest BCUT2D eigenvalue weighted by Crippen LogP contribution is -1.96. The summed E-state index contributed by atoms with van der Waals surface area (Å²) in [5, 5.41) is 9.93. The third kappa shape index (κ3) is 3.43. The van der Waals surface area contributed by atoms with E-state index >= 15 is 0 Å². The van der Waals surface area contributed by atoms with Crippen LogP contribution >= 0.6 is 27.3 Å². The topological polar surface area (TPSA) is 50.2 Å². The molecule has 0 fully saturated rings. The van der Waals surface area contributed by atoms with Crippen molar-refractivity contribution in [2.45, 2.75) is 6.42 Å². The first kappa shape index (κ1) is 14.9. The second-order valence-corrected chi connectivity index (χ2v) is 6.73. The van der Waals surface area contributed by atoms with Crippen LogP contribution in [0, 0.1) is 0 Å². The summed E-state index contributed by atoms with van der Waals surface area (Å²) in [6, 6.07) is 15.6. The van der Waals surface area contributed by atoms with Crippen molar-refractivity contribution >= 4 is 55.1 Å². The van der Waals surface area contributed by atoms with E-state index < -0.39 is 5.97 Å². The van der Waals surface area contributed by atoms with Gasteiger partial charge in [-0.1, -0.05) is 40.2 Å². The van der Waals surface area contributed by atoms with Gasteiger partial charge in [-0.3, -0.25) is 4.79 Å². The fraction of sp³-hybridized carbons (Fsp3) is 0.0588. The van der Waals surface area contributed by atoms with Gasteiger partial charge in [-0.25, -0.2) is 4.98 Å². The Morgan fingerprint density at radius 2 is 2.05 bits per heavy atom. The predicted molar refractivity (Wildman–Crippen MR) is 93.9 cm³/mol. The van der Waals surface area contributed by atoms with Gasteiger partial charge in [0, 0.05) is 4.47 Å². The number of halogens is 1. The van der Waals surface area contributed by atoms with Crippen LogP contribution in [0.4, 0.5) is 0 Å². The van der Waals surface area contributed by atoms with Gasteiger partial charge in [-0.15, -0.1) is 11.3 Å². The Kier molecular flexibility index (Phi) is 4.36. The molecule has 3 aromatic rings. The molecule has 1 N–H and O–H groups in total. The van der Waals surface area contributed by atoms with Gasteiger partial charge in [0.1, 0.15) is 5.01 Å². The molecule has 0 atom stereocenters. The molecular weight excluding hydrogens is 362 g/mol. The van der Waals surface area contributed by atoms with Gasteiger partial charge in [0.2, 0.25) is 0 Å². The number of benzene rings is 2. The summed E-state index contributed by atoms with van der Waals surface area (Å²) in [4.78, 5) is 15.7. The Balaban J connectivity index is 2.07. The number of carboxylic acids is 1. The average molecular weight is 374 g/mol. The summed E-state index contributed by atoms with van der Waals surface area (Å²) in [6.07, 6.45) is 1.84. The van der Waals surface area contributed by atoms with Gasteiger partial charge in [0.05, 0.1) is 16.6 Å². The number of fused-ring (bicyclic) bond motifs is 1. The first-order valence-electron chi connectivity index (χ1n) is 6.66. The number of thiazole rings is 1. The summed E-state index contributed by atoms with van der Waals surface area (Å²) in [5.74, 6) is -0.861. The van der Waals surface area contributed by atoms with Gasteiger partial charge in [-0.05, 0) is 41.5 Å². The highest BCUT2D eigenvalue weighted by Crippen LogP contribution is 2.30. The lowest BCUT2D eigenvalue weighted by Gasteiger charge is -2.02. The molecule has 0 aliphatic heterocycles. The summed E-state index contributed by atoms with van der Waals surface area (Å²) in [6.45, 7) is 0. The minimum atomic E-state index is -0.861. The van der Waals surface area contributed by atoms with Crippen LogP contribution in [0.2, 0.25) is 0 Å². The van der Waals surface area contributed by atoms with E-state index in [2.05, 4.69) is 20.9 Å². The maximum Gasteiger partial charge on any atom is 0.307 e. The first-order chi connectivity index (χ1) is 10.6. The highest BCUT2D eigenvalue weighted by Gasteiger charge is 2.12. The second-order valence-electron chi connectivity index (χ2n) is 4.78. The van der Waals surface area contributed by atoms with E-state index in [9.17, 15) is 9.90 Å². The van der Waals surface area contributed by atoms with E-state index in [0.717, 1.165) is 25.3 Å². The molecule has 0 bridgehead atoms. The number of nitrogens with zero attached hydrogens (tertiary/aromatic N) is 1. The molecule has 0 aliphatic rings. The smallest absolute Gasteiger partial charge is 0.307 e. The lowest BCUT2D eigenvalue weighted by molar-refractivity contribution is -0.135. The van der Waals surface area contributed by atoms with Crippen LogP contribution in [-0.2, 0) is 4.79 Å². The molecule has 0 spiro atoms. The zero-order valence-corrected chi connectivity index (χ0v) is 13.9. The van der Waals surface area contributed by atoms with Gasteiger partial charge >= 0.3 is 5.97 Å². The zero-order chi connectivity index (χ0) is 15.5. The Bertz CT molecular complexity index is 837. The van der Waals surface area contributed by atoms with Crippen molar-refractivity contribution in [1.29, 1.82) is 0 Å². The molecule has 3 rings (SSSR count). The number of hydrogen-bond donors (Lipinski definition) is 1. The van der Waals surface area contributed by atoms with Crippen LogP contribution in [0.25, 0.3) is 21.9 Å². The number of carboxylic acid groups (broad SMARTS) is 1. The third-order valence-corrected chi connectivity index (χ3v) is 4.71. The number of rotatable bonds is 4. The molecule has 2 aromatic carbocycles. The van der Waals surface area contributed by atoms with Crippen molar-refractivity contribution in [1.82, 2.24) is 4.98 Å². The van der Waals surface area contributed by atoms with Crippen LogP contribution in [0.1, 0.15) is 17.0 Å². The van der Waals surface area contributed by atoms with Crippen LogP contribution in [0.3, 0.4) is 0 Å². The summed E-state index contributed by atoms with van der Waals surface area (Å²) in [7, 11) is 0. The largest absolute Gasteiger partial charge is 0.481 e. The van der Waals surface area contributed by atoms with E-state index in [1.165, 1.54) is 11.3 Å². The van der Waals surface area contributed by atoms with E-state index in [-0.39, 0.29) is 6.42 Å². The van der Waals surface area contributed by atoms with E-state index in [0.29, 0.717) is 5.57 Å². The highest BCUT2D eigenvalue weighted by atomic mass is 79.9. The Morgan fingerprint density at radius 1 is 1.23 bits per heavy atom. The molecular formula is C17H12BrNO2S. The Morgan fingerprint density at radius 3 is 2.77 bits per heavy atom. The molecule has 0 radical (unpaired) electrons. The van der Waals surface area contributed by atoms with Crippen LogP contribution in [0.15, 0.2) is 53.0 Å². The van der Waals surface area contributed by atoms with Crippen LogP contribution in [0.5, 0.6) is 0 Å².